The van der Waals surface area contributed by atoms with E-state index in [2.05, 4.69) is 6.07 Å². The highest BCUT2D eigenvalue weighted by atomic mass is 32.1. The number of methoxy groups -OCH3 is 1. The molecule has 0 aliphatic carbocycles. The van der Waals surface area contributed by atoms with Gasteiger partial charge in [-0.15, -0.1) is 11.3 Å². The van der Waals surface area contributed by atoms with Gasteiger partial charge in [0.1, 0.15) is 11.7 Å². The number of hydrogen-bond acceptors (Lipinski definition) is 4. The van der Waals surface area contributed by atoms with Crippen LogP contribution in [0.3, 0.4) is 0 Å². The predicted octanol–water partition coefficient (Wildman–Crippen LogP) is 4.03. The van der Waals surface area contributed by atoms with Crippen LogP contribution in [0.2, 0.25) is 0 Å². The van der Waals surface area contributed by atoms with Crippen molar-refractivity contribution < 1.29 is 14.3 Å². The van der Waals surface area contributed by atoms with Crippen LogP contribution < -0.4 is 4.90 Å². The van der Waals surface area contributed by atoms with Crippen LogP contribution in [0.4, 0.5) is 5.69 Å². The molecule has 0 saturated heterocycles. The van der Waals surface area contributed by atoms with Crippen molar-refractivity contribution in [3.63, 3.8) is 0 Å². The van der Waals surface area contributed by atoms with E-state index >= 15 is 0 Å². The van der Waals surface area contributed by atoms with E-state index < -0.39 is 12.0 Å². The van der Waals surface area contributed by atoms with E-state index in [0.29, 0.717) is 12.2 Å². The molecule has 1 aliphatic heterocycles. The number of aryl methyl sites for hydroxylation is 1. The second kappa shape index (κ2) is 6.61. The summed E-state index contributed by atoms with van der Waals surface area (Å²) >= 11 is 1.55. The lowest BCUT2D eigenvalue weighted by Crippen LogP contribution is -2.40. The molecule has 0 saturated carbocycles. The zero-order valence-corrected chi connectivity index (χ0v) is 15.6. The van der Waals surface area contributed by atoms with Gasteiger partial charge >= 0.3 is 5.97 Å². The number of carbonyl (C=O) groups is 2. The first-order valence-electron chi connectivity index (χ1n) is 8.68. The van der Waals surface area contributed by atoms with Crippen molar-refractivity contribution in [2.75, 3.05) is 18.6 Å². The van der Waals surface area contributed by atoms with Gasteiger partial charge in [-0.05, 0) is 48.9 Å². The summed E-state index contributed by atoms with van der Waals surface area (Å²) in [7, 11) is 1.36. The number of thiophene rings is 1. The quantitative estimate of drug-likeness (QED) is 0.656. The number of benzene rings is 1. The van der Waals surface area contributed by atoms with Gasteiger partial charge in [-0.3, -0.25) is 4.79 Å². The lowest BCUT2D eigenvalue weighted by Gasteiger charge is -2.32. The molecule has 3 heterocycles. The molecule has 6 heteroatoms. The first-order valence-corrected chi connectivity index (χ1v) is 9.56. The molecule has 1 aromatic carbocycles. The van der Waals surface area contributed by atoms with Gasteiger partial charge in [0.15, 0.2) is 0 Å². The van der Waals surface area contributed by atoms with E-state index in [0.717, 1.165) is 28.7 Å². The molecule has 134 valence electrons. The summed E-state index contributed by atoms with van der Waals surface area (Å²) in [5.74, 6) is -0.432. The van der Waals surface area contributed by atoms with Crippen LogP contribution in [0, 0.1) is 0 Å². The van der Waals surface area contributed by atoms with Crippen molar-refractivity contribution in [3.8, 4) is 0 Å². The van der Waals surface area contributed by atoms with Crippen LogP contribution >= 0.6 is 11.3 Å². The molecular formula is C20H20N2O3S. The Morgan fingerprint density at radius 2 is 2.04 bits per heavy atom. The fourth-order valence-electron chi connectivity index (χ4n) is 3.72. The minimum atomic E-state index is -0.498. The molecule has 0 fully saturated rings. The normalized spacial score (nSPS) is 14.9. The number of nitrogens with zero attached hydrogens (tertiary/aromatic N) is 2. The number of amides is 1. The first-order chi connectivity index (χ1) is 12.6. The van der Waals surface area contributed by atoms with Gasteiger partial charge in [-0.25, -0.2) is 4.79 Å². The molecule has 1 aliphatic rings. The summed E-state index contributed by atoms with van der Waals surface area (Å²) in [6.45, 7) is 2.55. The number of aromatic nitrogens is 1. The van der Waals surface area contributed by atoms with Crippen LogP contribution in [0.1, 0.15) is 35.4 Å². The average Bonchev–Trinajstić information content (AvgIpc) is 3.27. The van der Waals surface area contributed by atoms with Gasteiger partial charge in [0.05, 0.1) is 17.3 Å². The third-order valence-corrected chi connectivity index (χ3v) is 5.83. The van der Waals surface area contributed by atoms with Crippen molar-refractivity contribution in [1.82, 2.24) is 4.57 Å². The molecule has 1 atom stereocenters. The average molecular weight is 368 g/mol. The number of para-hydroxylation sites is 1. The Bertz CT molecular complexity index is 988. The zero-order valence-electron chi connectivity index (χ0n) is 14.8. The number of ether oxygens (including phenoxy) is 1. The highest BCUT2D eigenvalue weighted by Crippen LogP contribution is 2.33. The van der Waals surface area contributed by atoms with Crippen molar-refractivity contribution in [1.29, 1.82) is 0 Å². The second-order valence-corrected chi connectivity index (χ2v) is 7.41. The summed E-state index contributed by atoms with van der Waals surface area (Å²) in [6.07, 6.45) is 1.93. The molecule has 2 aromatic heterocycles. The molecule has 0 N–H and O–H groups in total. The molecule has 3 aromatic rings. The Hall–Kier alpha value is -2.60. The summed E-state index contributed by atoms with van der Waals surface area (Å²) < 4.78 is 7.71. The maximum absolute atomic E-state index is 13.3. The maximum Gasteiger partial charge on any atom is 0.354 e. The van der Waals surface area contributed by atoms with E-state index in [9.17, 15) is 9.59 Å². The van der Waals surface area contributed by atoms with Gasteiger partial charge in [0, 0.05) is 12.2 Å². The van der Waals surface area contributed by atoms with Gasteiger partial charge in [0.2, 0.25) is 5.91 Å². The van der Waals surface area contributed by atoms with E-state index in [4.69, 9.17) is 4.74 Å². The van der Waals surface area contributed by atoms with Crippen LogP contribution in [0.5, 0.6) is 0 Å². The second-order valence-electron chi connectivity index (χ2n) is 6.46. The highest BCUT2D eigenvalue weighted by molar-refractivity contribution is 7.17. The van der Waals surface area contributed by atoms with E-state index in [1.54, 1.807) is 22.0 Å². The summed E-state index contributed by atoms with van der Waals surface area (Å²) in [6, 6.07) is 11.3. The molecule has 1 unspecified atom stereocenters. The molecule has 0 bridgehead atoms. The minimum Gasteiger partial charge on any atom is -0.464 e. The summed E-state index contributed by atoms with van der Waals surface area (Å²) in [5, 5.41) is 1.97. The lowest BCUT2D eigenvalue weighted by atomic mass is 10.0. The number of fused-ring (bicyclic) bond motifs is 2. The maximum atomic E-state index is 13.3. The first kappa shape index (κ1) is 16.8. The Balaban J connectivity index is 1.76. The molecule has 4 rings (SSSR count). The van der Waals surface area contributed by atoms with Crippen molar-refractivity contribution in [2.45, 2.75) is 25.8 Å². The van der Waals surface area contributed by atoms with Crippen LogP contribution in [0.25, 0.3) is 10.2 Å². The fourth-order valence-corrected chi connectivity index (χ4v) is 4.53. The molecular weight excluding hydrogens is 348 g/mol. The van der Waals surface area contributed by atoms with Crippen LogP contribution in [-0.4, -0.2) is 30.1 Å². The Kier molecular flexibility index (Phi) is 4.28. The third kappa shape index (κ3) is 2.61. The van der Waals surface area contributed by atoms with Gasteiger partial charge in [-0.2, -0.15) is 0 Å². The number of hydrogen-bond donors (Lipinski definition) is 0. The summed E-state index contributed by atoms with van der Waals surface area (Å²) in [5.41, 5.74) is 3.48. The van der Waals surface area contributed by atoms with Crippen molar-refractivity contribution >= 4 is 39.1 Å². The Labute approximate surface area is 155 Å². The number of anilines is 1. The summed E-state index contributed by atoms with van der Waals surface area (Å²) in [4.78, 5) is 27.4. The molecule has 0 radical (unpaired) electrons. The Morgan fingerprint density at radius 3 is 2.85 bits per heavy atom. The standard InChI is InChI=1S/C20H20N2O3S/c1-13(19(23)21-10-5-7-14-6-3-4-8-15(14)21)22-16-9-11-26-18(16)12-17(22)20(24)25-2/h3-4,6,8-9,11-13H,5,7,10H2,1-2H3. The zero-order chi connectivity index (χ0) is 18.3. The number of rotatable bonds is 3. The van der Waals surface area contributed by atoms with E-state index in [-0.39, 0.29) is 5.91 Å². The molecule has 0 spiro atoms. The van der Waals surface area contributed by atoms with E-state index in [1.165, 1.54) is 12.7 Å². The largest absolute Gasteiger partial charge is 0.464 e. The number of esters is 1. The van der Waals surface area contributed by atoms with Gasteiger partial charge in [0.25, 0.3) is 0 Å². The number of carbonyl (C=O) groups excluding carboxylic acids is 2. The van der Waals surface area contributed by atoms with Gasteiger partial charge < -0.3 is 14.2 Å². The van der Waals surface area contributed by atoms with Gasteiger partial charge in [-0.1, -0.05) is 18.2 Å². The van der Waals surface area contributed by atoms with Crippen molar-refractivity contribution in [2.24, 2.45) is 0 Å². The monoisotopic (exact) mass is 368 g/mol. The smallest absolute Gasteiger partial charge is 0.354 e. The Morgan fingerprint density at radius 1 is 1.23 bits per heavy atom. The molecule has 5 nitrogen and oxygen atoms in total. The van der Waals surface area contributed by atoms with Crippen LogP contribution in [-0.2, 0) is 16.0 Å². The highest BCUT2D eigenvalue weighted by Gasteiger charge is 2.30. The van der Waals surface area contributed by atoms with E-state index in [1.807, 2.05) is 41.5 Å². The fraction of sp³-hybridized carbons (Fsp3) is 0.300. The van der Waals surface area contributed by atoms with Crippen LogP contribution in [0.15, 0.2) is 41.8 Å². The predicted molar refractivity (Wildman–Crippen MR) is 103 cm³/mol. The van der Waals surface area contributed by atoms with Crippen molar-refractivity contribution in [3.05, 3.63) is 53.0 Å². The third-order valence-electron chi connectivity index (χ3n) is 4.98. The SMILES string of the molecule is COC(=O)c1cc2sccc2n1C(C)C(=O)N1CCCc2ccccc21. The topological polar surface area (TPSA) is 51.5 Å². The molecule has 26 heavy (non-hydrogen) atoms. The molecule has 1 amide bonds. The lowest BCUT2D eigenvalue weighted by molar-refractivity contribution is -0.121. The minimum absolute atomic E-state index is 0.00833.